The number of carbonyl (C=O) groups is 1. The summed E-state index contributed by atoms with van der Waals surface area (Å²) in [6, 6.07) is 8.59. The second-order valence-electron chi connectivity index (χ2n) is 4.06. The number of nitro groups is 1. The first-order valence-corrected chi connectivity index (χ1v) is 6.76. The van der Waals surface area contributed by atoms with Gasteiger partial charge in [-0.3, -0.25) is 14.9 Å². The van der Waals surface area contributed by atoms with E-state index in [0.717, 1.165) is 22.6 Å². The molecule has 2 aromatic rings. The number of rotatable bonds is 5. The van der Waals surface area contributed by atoms with Gasteiger partial charge in [0.2, 0.25) is 0 Å². The Balaban J connectivity index is 1.96. The number of benzene rings is 1. The molecular formula is C13H13N3O3S. The zero-order valence-corrected chi connectivity index (χ0v) is 11.6. The molecule has 0 atom stereocenters. The Labute approximate surface area is 119 Å². The molecule has 1 heterocycles. The fraction of sp³-hybridized carbons (Fsp3) is 0.154. The summed E-state index contributed by atoms with van der Waals surface area (Å²) < 4.78 is 0. The number of hydrogen-bond acceptors (Lipinski definition) is 5. The maximum Gasteiger partial charge on any atom is 0.324 e. The molecule has 20 heavy (non-hydrogen) atoms. The first-order valence-electron chi connectivity index (χ1n) is 5.88. The average molecular weight is 291 g/mol. The largest absolute Gasteiger partial charge is 0.381 e. The smallest absolute Gasteiger partial charge is 0.324 e. The van der Waals surface area contributed by atoms with Gasteiger partial charge in [0.15, 0.2) is 0 Å². The molecule has 0 bridgehead atoms. The summed E-state index contributed by atoms with van der Waals surface area (Å²) in [5, 5.41) is 18.2. The Morgan fingerprint density at radius 1 is 1.35 bits per heavy atom. The number of hydrogen-bond donors (Lipinski definition) is 2. The minimum atomic E-state index is -0.397. The van der Waals surface area contributed by atoms with Crippen molar-refractivity contribution in [2.75, 3.05) is 12.4 Å². The highest BCUT2D eigenvalue weighted by molar-refractivity contribution is 7.13. The van der Waals surface area contributed by atoms with Crippen LogP contribution in [0.25, 0.3) is 0 Å². The van der Waals surface area contributed by atoms with Crippen molar-refractivity contribution in [3.63, 3.8) is 0 Å². The van der Waals surface area contributed by atoms with Crippen molar-refractivity contribution in [2.24, 2.45) is 0 Å². The Hall–Kier alpha value is -2.41. The van der Waals surface area contributed by atoms with E-state index < -0.39 is 4.92 Å². The van der Waals surface area contributed by atoms with Crippen molar-refractivity contribution < 1.29 is 9.72 Å². The lowest BCUT2D eigenvalue weighted by Gasteiger charge is -2.05. The van der Waals surface area contributed by atoms with E-state index >= 15 is 0 Å². The molecule has 0 aliphatic carbocycles. The van der Waals surface area contributed by atoms with Crippen LogP contribution in [0, 0.1) is 10.1 Å². The number of carbonyl (C=O) groups excluding carboxylic acids is 1. The van der Waals surface area contributed by atoms with Gasteiger partial charge in [0.25, 0.3) is 5.91 Å². The van der Waals surface area contributed by atoms with Gasteiger partial charge in [-0.1, -0.05) is 11.3 Å². The maximum atomic E-state index is 11.4. The molecule has 0 saturated carbocycles. The number of nitrogens with zero attached hydrogens (tertiary/aromatic N) is 1. The van der Waals surface area contributed by atoms with E-state index in [9.17, 15) is 14.9 Å². The number of amides is 1. The lowest BCUT2D eigenvalue weighted by molar-refractivity contribution is -0.380. The minimum Gasteiger partial charge on any atom is -0.381 e. The van der Waals surface area contributed by atoms with Crippen LogP contribution in [-0.4, -0.2) is 17.9 Å². The van der Waals surface area contributed by atoms with E-state index in [4.69, 9.17) is 0 Å². The lowest BCUT2D eigenvalue weighted by Crippen LogP contribution is -2.17. The lowest BCUT2D eigenvalue weighted by atomic mass is 10.2. The molecule has 7 heteroatoms. The van der Waals surface area contributed by atoms with Crippen LogP contribution in [0.2, 0.25) is 0 Å². The Morgan fingerprint density at radius 3 is 2.60 bits per heavy atom. The molecule has 0 fully saturated rings. The fourth-order valence-corrected chi connectivity index (χ4v) is 2.37. The average Bonchev–Trinajstić information content (AvgIpc) is 2.94. The van der Waals surface area contributed by atoms with E-state index in [0.29, 0.717) is 12.1 Å². The zero-order valence-electron chi connectivity index (χ0n) is 10.8. The molecule has 0 unspecified atom stereocenters. The minimum absolute atomic E-state index is 0.134. The molecule has 0 radical (unpaired) electrons. The molecular weight excluding hydrogens is 278 g/mol. The van der Waals surface area contributed by atoms with Crippen LogP contribution in [0.1, 0.15) is 15.9 Å². The quantitative estimate of drug-likeness (QED) is 0.655. The van der Waals surface area contributed by atoms with E-state index in [1.54, 1.807) is 42.8 Å². The van der Waals surface area contributed by atoms with Gasteiger partial charge in [0.1, 0.15) is 0 Å². The molecule has 0 spiro atoms. The number of anilines is 1. The van der Waals surface area contributed by atoms with Gasteiger partial charge in [-0.2, -0.15) is 0 Å². The van der Waals surface area contributed by atoms with Gasteiger partial charge in [0.05, 0.1) is 4.92 Å². The van der Waals surface area contributed by atoms with Gasteiger partial charge >= 0.3 is 5.00 Å². The van der Waals surface area contributed by atoms with E-state index in [1.807, 2.05) is 0 Å². The van der Waals surface area contributed by atoms with Crippen LogP contribution in [-0.2, 0) is 6.54 Å². The third-order valence-electron chi connectivity index (χ3n) is 2.69. The summed E-state index contributed by atoms with van der Waals surface area (Å²) in [6.45, 7) is 0.504. The first-order chi connectivity index (χ1) is 9.60. The molecule has 104 valence electrons. The molecule has 1 aromatic carbocycles. The van der Waals surface area contributed by atoms with Gasteiger partial charge in [0, 0.05) is 36.3 Å². The molecule has 1 amide bonds. The molecule has 2 N–H and O–H groups in total. The van der Waals surface area contributed by atoms with Crippen LogP contribution in [0.3, 0.4) is 0 Å². The fourth-order valence-electron chi connectivity index (χ4n) is 1.64. The Kier molecular flexibility index (Phi) is 4.31. The summed E-state index contributed by atoms with van der Waals surface area (Å²) in [4.78, 5) is 21.6. The summed E-state index contributed by atoms with van der Waals surface area (Å²) >= 11 is 1.11. The Bertz CT molecular complexity index is 622. The summed E-state index contributed by atoms with van der Waals surface area (Å²) in [5.74, 6) is -0.134. The Morgan fingerprint density at radius 2 is 2.05 bits per heavy atom. The van der Waals surface area contributed by atoms with E-state index in [-0.39, 0.29) is 10.9 Å². The highest BCUT2D eigenvalue weighted by atomic mass is 32.1. The van der Waals surface area contributed by atoms with Crippen molar-refractivity contribution in [3.05, 3.63) is 57.0 Å². The molecule has 1 aromatic heterocycles. The molecule has 0 saturated heterocycles. The first kappa shape index (κ1) is 14.0. The van der Waals surface area contributed by atoms with Crippen LogP contribution >= 0.6 is 11.3 Å². The van der Waals surface area contributed by atoms with E-state index in [1.165, 1.54) is 0 Å². The van der Waals surface area contributed by atoms with Gasteiger partial charge in [-0.05, 0) is 29.8 Å². The van der Waals surface area contributed by atoms with Crippen LogP contribution in [0.5, 0.6) is 0 Å². The van der Waals surface area contributed by atoms with Crippen molar-refractivity contribution in [1.82, 2.24) is 5.32 Å². The van der Waals surface area contributed by atoms with E-state index in [2.05, 4.69) is 10.6 Å². The third kappa shape index (κ3) is 3.33. The molecule has 6 nitrogen and oxygen atoms in total. The molecule has 2 rings (SSSR count). The third-order valence-corrected chi connectivity index (χ3v) is 3.62. The predicted molar refractivity (Wildman–Crippen MR) is 78.1 cm³/mol. The maximum absolute atomic E-state index is 11.4. The topological polar surface area (TPSA) is 84.3 Å². The molecule has 0 aliphatic heterocycles. The second-order valence-corrected chi connectivity index (χ2v) is 4.95. The second kappa shape index (κ2) is 6.16. The highest BCUT2D eigenvalue weighted by Gasteiger charge is 2.09. The monoisotopic (exact) mass is 291 g/mol. The zero-order chi connectivity index (χ0) is 14.5. The van der Waals surface area contributed by atoms with Crippen LogP contribution < -0.4 is 10.6 Å². The molecule has 0 aliphatic rings. The van der Waals surface area contributed by atoms with Crippen molar-refractivity contribution in [3.8, 4) is 0 Å². The normalized spacial score (nSPS) is 10.1. The van der Waals surface area contributed by atoms with Crippen LogP contribution in [0.4, 0.5) is 10.7 Å². The van der Waals surface area contributed by atoms with Gasteiger partial charge in [-0.25, -0.2) is 0 Å². The van der Waals surface area contributed by atoms with Crippen molar-refractivity contribution in [1.29, 1.82) is 0 Å². The number of thiophene rings is 1. The standard InChI is InChI=1S/C13H13N3O3S/c1-14-13(17)10-2-4-11(5-3-10)15-7-9-6-12(16(18)19)20-8-9/h2-6,8,15H,7H2,1H3,(H,14,17). The van der Waals surface area contributed by atoms with Crippen molar-refractivity contribution >= 4 is 27.9 Å². The summed E-state index contributed by atoms with van der Waals surface area (Å²) in [5.41, 5.74) is 2.30. The van der Waals surface area contributed by atoms with Gasteiger partial charge in [-0.15, -0.1) is 0 Å². The SMILES string of the molecule is CNC(=O)c1ccc(NCc2csc([N+](=O)[O-])c2)cc1. The number of nitrogens with one attached hydrogen (secondary N) is 2. The summed E-state index contributed by atoms with van der Waals surface area (Å²) in [7, 11) is 1.58. The predicted octanol–water partition coefficient (Wildman–Crippen LogP) is 2.63. The van der Waals surface area contributed by atoms with Crippen LogP contribution in [0.15, 0.2) is 35.7 Å². The van der Waals surface area contributed by atoms with Crippen molar-refractivity contribution in [2.45, 2.75) is 6.54 Å². The van der Waals surface area contributed by atoms with Gasteiger partial charge < -0.3 is 10.6 Å². The summed E-state index contributed by atoms with van der Waals surface area (Å²) in [6.07, 6.45) is 0. The highest BCUT2D eigenvalue weighted by Crippen LogP contribution is 2.23.